The number of guanidine groups is 1. The summed E-state index contributed by atoms with van der Waals surface area (Å²) >= 11 is 0. The Morgan fingerprint density at radius 3 is 2.92 bits per heavy atom. The summed E-state index contributed by atoms with van der Waals surface area (Å²) in [6.07, 6.45) is 4.74. The number of ether oxygens (including phenoxy) is 1. The molecule has 1 unspecified atom stereocenters. The van der Waals surface area contributed by atoms with Gasteiger partial charge in [-0.25, -0.2) is 0 Å². The molecule has 0 aliphatic carbocycles. The summed E-state index contributed by atoms with van der Waals surface area (Å²) in [6, 6.07) is 8.36. The molecule has 24 heavy (non-hydrogen) atoms. The van der Waals surface area contributed by atoms with Gasteiger partial charge in [0.05, 0.1) is 0 Å². The normalized spacial score (nSPS) is 18.7. The molecule has 0 amide bonds. The molecule has 2 heterocycles. The first kappa shape index (κ1) is 20.9. The second-order valence-electron chi connectivity index (χ2n) is 5.88. The molecule has 0 aromatic heterocycles. The number of nitrogens with one attached hydrogen (secondary N) is 3. The van der Waals surface area contributed by atoms with E-state index < -0.39 is 0 Å². The third-order valence-electron chi connectivity index (χ3n) is 4.09. The van der Waals surface area contributed by atoms with E-state index in [1.54, 1.807) is 0 Å². The Balaban J connectivity index is 0.00000144. The van der Waals surface area contributed by atoms with Gasteiger partial charge in [-0.3, -0.25) is 4.99 Å². The van der Waals surface area contributed by atoms with E-state index in [1.165, 1.54) is 5.56 Å². The molecule has 1 aromatic rings. The van der Waals surface area contributed by atoms with Crippen molar-refractivity contribution in [3.63, 3.8) is 0 Å². The molecule has 136 valence electrons. The van der Waals surface area contributed by atoms with Crippen molar-refractivity contribution >= 4 is 30.8 Å². The highest BCUT2D eigenvalue weighted by Crippen LogP contribution is 2.26. The van der Waals surface area contributed by atoms with E-state index in [4.69, 9.17) is 4.74 Å². The Hall–Kier alpha value is -1.17. The molecule has 0 saturated heterocycles. The summed E-state index contributed by atoms with van der Waals surface area (Å²) in [5.74, 6) is 2.02. The first-order valence-electron chi connectivity index (χ1n) is 8.39. The molecule has 1 aromatic carbocycles. The monoisotopic (exact) mass is 374 g/mol. The van der Waals surface area contributed by atoms with Crippen molar-refractivity contribution in [2.24, 2.45) is 4.99 Å². The van der Waals surface area contributed by atoms with Crippen molar-refractivity contribution in [1.29, 1.82) is 0 Å². The topological polar surface area (TPSA) is 57.7 Å². The Morgan fingerprint density at radius 1 is 1.21 bits per heavy atom. The highest BCUT2D eigenvalue weighted by molar-refractivity contribution is 5.85. The van der Waals surface area contributed by atoms with Gasteiger partial charge in [-0.05, 0) is 43.9 Å². The van der Waals surface area contributed by atoms with Crippen molar-refractivity contribution in [2.75, 3.05) is 32.7 Å². The smallest absolute Gasteiger partial charge is 0.191 e. The average Bonchev–Trinajstić information content (AvgIpc) is 2.59. The molecule has 3 N–H and O–H groups in total. The van der Waals surface area contributed by atoms with Crippen LogP contribution in [0.25, 0.3) is 0 Å². The molecule has 2 aliphatic heterocycles. The Bertz CT molecular complexity index is 513. The van der Waals surface area contributed by atoms with Crippen molar-refractivity contribution in [1.82, 2.24) is 16.0 Å². The fourth-order valence-electron chi connectivity index (χ4n) is 2.86. The van der Waals surface area contributed by atoms with Crippen LogP contribution in [-0.2, 0) is 6.42 Å². The van der Waals surface area contributed by atoms with Crippen LogP contribution in [0.3, 0.4) is 0 Å². The van der Waals surface area contributed by atoms with Crippen LogP contribution in [0.15, 0.2) is 29.3 Å². The lowest BCUT2D eigenvalue weighted by Crippen LogP contribution is -2.42. The van der Waals surface area contributed by atoms with Gasteiger partial charge in [0.2, 0.25) is 0 Å². The van der Waals surface area contributed by atoms with Gasteiger partial charge in [0.15, 0.2) is 5.96 Å². The summed E-state index contributed by atoms with van der Waals surface area (Å²) < 4.78 is 6.03. The van der Waals surface area contributed by atoms with Crippen LogP contribution in [0.2, 0.25) is 0 Å². The standard InChI is InChI=1S/C17H26N4O.2ClH/c1-2-6-16-14(5-1)7-8-15(22-16)13-18-9-3-10-19-17-20-11-4-12-21-17;;/h1-2,5-6,15,18H,3-4,7-13H2,(H2,19,20,21);2*1H. The van der Waals surface area contributed by atoms with Gasteiger partial charge >= 0.3 is 0 Å². The van der Waals surface area contributed by atoms with Gasteiger partial charge in [-0.1, -0.05) is 18.2 Å². The summed E-state index contributed by atoms with van der Waals surface area (Å²) in [5, 5.41) is 10.1. The van der Waals surface area contributed by atoms with Crippen LogP contribution in [-0.4, -0.2) is 44.8 Å². The summed E-state index contributed by atoms with van der Waals surface area (Å²) in [4.78, 5) is 4.40. The minimum atomic E-state index is 0. The van der Waals surface area contributed by atoms with Crippen molar-refractivity contribution in [2.45, 2.75) is 31.8 Å². The van der Waals surface area contributed by atoms with E-state index in [2.05, 4.69) is 39.1 Å². The van der Waals surface area contributed by atoms with E-state index >= 15 is 0 Å². The highest BCUT2D eigenvalue weighted by Gasteiger charge is 2.18. The first-order valence-corrected chi connectivity index (χ1v) is 8.39. The molecule has 0 bridgehead atoms. The van der Waals surface area contributed by atoms with Gasteiger partial charge in [-0.15, -0.1) is 24.8 Å². The minimum absolute atomic E-state index is 0. The molecule has 7 heteroatoms. The van der Waals surface area contributed by atoms with Crippen molar-refractivity contribution in [3.8, 4) is 5.75 Å². The Morgan fingerprint density at radius 2 is 2.08 bits per heavy atom. The van der Waals surface area contributed by atoms with Crippen LogP contribution >= 0.6 is 24.8 Å². The van der Waals surface area contributed by atoms with Crippen LogP contribution < -0.4 is 20.7 Å². The lowest BCUT2D eigenvalue weighted by Gasteiger charge is -2.26. The minimum Gasteiger partial charge on any atom is -0.489 e. The lowest BCUT2D eigenvalue weighted by atomic mass is 10.0. The summed E-state index contributed by atoms with van der Waals surface area (Å²) in [7, 11) is 0. The van der Waals surface area contributed by atoms with E-state index in [0.29, 0.717) is 6.10 Å². The number of nitrogens with zero attached hydrogens (tertiary/aromatic N) is 1. The largest absolute Gasteiger partial charge is 0.489 e. The van der Waals surface area contributed by atoms with Crippen molar-refractivity contribution in [3.05, 3.63) is 29.8 Å². The molecular weight excluding hydrogens is 347 g/mol. The maximum atomic E-state index is 6.03. The average molecular weight is 375 g/mol. The number of para-hydroxylation sites is 1. The number of hydrogen-bond donors (Lipinski definition) is 3. The third-order valence-corrected chi connectivity index (χ3v) is 4.09. The maximum absolute atomic E-state index is 6.03. The van der Waals surface area contributed by atoms with Crippen molar-refractivity contribution < 1.29 is 4.74 Å². The molecule has 0 fully saturated rings. The highest BCUT2D eigenvalue weighted by atomic mass is 35.5. The van der Waals surface area contributed by atoms with E-state index in [1.807, 2.05) is 6.07 Å². The maximum Gasteiger partial charge on any atom is 0.191 e. The van der Waals surface area contributed by atoms with Gasteiger partial charge in [0.1, 0.15) is 11.9 Å². The molecule has 3 rings (SSSR count). The molecule has 0 saturated carbocycles. The molecule has 0 radical (unpaired) electrons. The van der Waals surface area contributed by atoms with E-state index in [0.717, 1.165) is 70.1 Å². The fourth-order valence-corrected chi connectivity index (χ4v) is 2.86. The first-order chi connectivity index (χ1) is 10.9. The van der Waals surface area contributed by atoms with Gasteiger partial charge in [0.25, 0.3) is 0 Å². The van der Waals surface area contributed by atoms with Crippen LogP contribution in [0.4, 0.5) is 0 Å². The molecule has 2 aliphatic rings. The van der Waals surface area contributed by atoms with Gasteiger partial charge < -0.3 is 20.7 Å². The predicted octanol–water partition coefficient (Wildman–Crippen LogP) is 2.14. The second kappa shape index (κ2) is 11.4. The number of fused-ring (bicyclic) bond motifs is 1. The van der Waals surface area contributed by atoms with Gasteiger partial charge in [-0.2, -0.15) is 0 Å². The summed E-state index contributed by atoms with van der Waals surface area (Å²) in [6.45, 7) is 4.85. The third kappa shape index (κ3) is 6.38. The van der Waals surface area contributed by atoms with Gasteiger partial charge in [0, 0.05) is 26.2 Å². The number of benzene rings is 1. The molecule has 0 spiro atoms. The molecule has 5 nitrogen and oxygen atoms in total. The summed E-state index contributed by atoms with van der Waals surface area (Å²) in [5.41, 5.74) is 1.34. The van der Waals surface area contributed by atoms with Crippen LogP contribution in [0.5, 0.6) is 5.75 Å². The Labute approximate surface area is 156 Å². The number of halogens is 2. The quantitative estimate of drug-likeness (QED) is 0.667. The van der Waals surface area contributed by atoms with Crippen LogP contribution in [0, 0.1) is 0 Å². The molecular formula is C17H28Cl2N4O. The fraction of sp³-hybridized carbons (Fsp3) is 0.588. The zero-order valence-corrected chi connectivity index (χ0v) is 15.6. The zero-order chi connectivity index (χ0) is 15.0. The number of aryl methyl sites for hydroxylation is 1. The zero-order valence-electron chi connectivity index (χ0n) is 13.9. The molecule has 1 atom stereocenters. The lowest BCUT2D eigenvalue weighted by molar-refractivity contribution is 0.170. The predicted molar refractivity (Wildman–Crippen MR) is 104 cm³/mol. The van der Waals surface area contributed by atoms with E-state index in [9.17, 15) is 0 Å². The number of rotatable bonds is 6. The SMILES string of the molecule is Cl.Cl.c1ccc2c(c1)CCC(CNCCCNC1=NCCCN1)O2. The van der Waals surface area contributed by atoms with E-state index in [-0.39, 0.29) is 24.8 Å². The number of aliphatic imine (C=N–C) groups is 1. The number of hydrogen-bond acceptors (Lipinski definition) is 5. The second-order valence-corrected chi connectivity index (χ2v) is 5.88. The Kier molecular flexibility index (Phi) is 9.91. The van der Waals surface area contributed by atoms with Crippen LogP contribution in [0.1, 0.15) is 24.8 Å².